The summed E-state index contributed by atoms with van der Waals surface area (Å²) in [4.78, 5) is 0. The van der Waals surface area contributed by atoms with E-state index in [-0.39, 0.29) is 0 Å². The predicted octanol–water partition coefficient (Wildman–Crippen LogP) is 2.21. The van der Waals surface area contributed by atoms with E-state index in [0.29, 0.717) is 12.5 Å². The molecule has 0 aliphatic rings. The van der Waals surface area contributed by atoms with Crippen molar-refractivity contribution in [3.8, 4) is 0 Å². The molecule has 3 nitrogen and oxygen atoms in total. The molecule has 17 heavy (non-hydrogen) atoms. The van der Waals surface area contributed by atoms with Gasteiger partial charge in [-0.25, -0.2) is 0 Å². The number of benzene rings is 1. The third-order valence-electron chi connectivity index (χ3n) is 2.58. The van der Waals surface area contributed by atoms with Crippen LogP contribution in [0.4, 0.5) is 0 Å². The quantitative estimate of drug-likeness (QED) is 0.752. The first kappa shape index (κ1) is 14.2. The lowest BCUT2D eigenvalue weighted by atomic mass is 10.1. The van der Waals surface area contributed by atoms with Crippen LogP contribution in [0, 0.1) is 5.92 Å². The standard InChI is InChI=1S/C14H23NO2/c1-12(10-16-2)8-15-9-13-5-4-6-14(7-13)11-17-3/h4-7,12,15H,8-11H2,1-3H3. The van der Waals surface area contributed by atoms with Crippen molar-refractivity contribution in [1.82, 2.24) is 5.32 Å². The smallest absolute Gasteiger partial charge is 0.0713 e. The Morgan fingerprint density at radius 1 is 1.18 bits per heavy atom. The first-order valence-electron chi connectivity index (χ1n) is 6.02. The van der Waals surface area contributed by atoms with E-state index in [1.165, 1.54) is 11.1 Å². The summed E-state index contributed by atoms with van der Waals surface area (Å²) in [5.74, 6) is 0.544. The molecule has 1 rings (SSSR count). The zero-order chi connectivity index (χ0) is 12.5. The largest absolute Gasteiger partial charge is 0.384 e. The minimum absolute atomic E-state index is 0.544. The molecule has 0 bridgehead atoms. The number of ether oxygens (including phenoxy) is 2. The van der Waals surface area contributed by atoms with Gasteiger partial charge < -0.3 is 14.8 Å². The molecule has 0 aliphatic carbocycles. The molecule has 0 heterocycles. The van der Waals surface area contributed by atoms with E-state index in [4.69, 9.17) is 9.47 Å². The summed E-state index contributed by atoms with van der Waals surface area (Å²) in [6, 6.07) is 8.47. The lowest BCUT2D eigenvalue weighted by Gasteiger charge is -2.11. The Hall–Kier alpha value is -0.900. The van der Waals surface area contributed by atoms with Crippen molar-refractivity contribution in [1.29, 1.82) is 0 Å². The van der Waals surface area contributed by atoms with Gasteiger partial charge in [0.25, 0.3) is 0 Å². The molecule has 1 aromatic rings. The van der Waals surface area contributed by atoms with Gasteiger partial charge in [-0.05, 0) is 17.0 Å². The molecule has 0 fully saturated rings. The molecule has 1 unspecified atom stereocenters. The van der Waals surface area contributed by atoms with Gasteiger partial charge in [0.1, 0.15) is 0 Å². The Morgan fingerprint density at radius 3 is 2.65 bits per heavy atom. The summed E-state index contributed by atoms with van der Waals surface area (Å²) >= 11 is 0. The highest BCUT2D eigenvalue weighted by Gasteiger charge is 2.01. The van der Waals surface area contributed by atoms with Gasteiger partial charge in [0.15, 0.2) is 0 Å². The minimum atomic E-state index is 0.544. The molecule has 1 N–H and O–H groups in total. The van der Waals surface area contributed by atoms with Crippen LogP contribution >= 0.6 is 0 Å². The maximum Gasteiger partial charge on any atom is 0.0713 e. The van der Waals surface area contributed by atoms with Gasteiger partial charge in [-0.2, -0.15) is 0 Å². The Labute approximate surface area is 104 Å². The first-order valence-corrected chi connectivity index (χ1v) is 6.02. The summed E-state index contributed by atoms with van der Waals surface area (Å²) in [7, 11) is 3.46. The van der Waals surface area contributed by atoms with Crippen molar-refractivity contribution in [3.63, 3.8) is 0 Å². The van der Waals surface area contributed by atoms with Crippen LogP contribution in [0.25, 0.3) is 0 Å². The Bertz CT molecular complexity index is 315. The van der Waals surface area contributed by atoms with Gasteiger partial charge in [-0.1, -0.05) is 31.2 Å². The van der Waals surface area contributed by atoms with E-state index < -0.39 is 0 Å². The van der Waals surface area contributed by atoms with E-state index >= 15 is 0 Å². The summed E-state index contributed by atoms with van der Waals surface area (Å²) in [6.45, 7) is 5.52. The van der Waals surface area contributed by atoms with E-state index in [2.05, 4.69) is 36.5 Å². The van der Waals surface area contributed by atoms with Crippen molar-refractivity contribution in [2.24, 2.45) is 5.92 Å². The van der Waals surface area contributed by atoms with Gasteiger partial charge in [-0.3, -0.25) is 0 Å². The maximum absolute atomic E-state index is 5.12. The second kappa shape index (κ2) is 8.23. The Kier molecular flexibility index (Phi) is 6.86. The molecule has 0 aromatic heterocycles. The topological polar surface area (TPSA) is 30.5 Å². The van der Waals surface area contributed by atoms with Crippen LogP contribution in [-0.4, -0.2) is 27.4 Å². The van der Waals surface area contributed by atoms with E-state index in [9.17, 15) is 0 Å². The van der Waals surface area contributed by atoms with Crippen LogP contribution in [0.15, 0.2) is 24.3 Å². The van der Waals surface area contributed by atoms with Gasteiger partial charge >= 0.3 is 0 Å². The zero-order valence-corrected chi connectivity index (χ0v) is 11.0. The zero-order valence-electron chi connectivity index (χ0n) is 11.0. The predicted molar refractivity (Wildman–Crippen MR) is 69.9 cm³/mol. The minimum Gasteiger partial charge on any atom is -0.384 e. The van der Waals surface area contributed by atoms with Crippen LogP contribution in [0.5, 0.6) is 0 Å². The average molecular weight is 237 g/mol. The monoisotopic (exact) mass is 237 g/mol. The third-order valence-corrected chi connectivity index (χ3v) is 2.58. The molecule has 1 atom stereocenters. The lowest BCUT2D eigenvalue weighted by Crippen LogP contribution is -2.23. The van der Waals surface area contributed by atoms with Gasteiger partial charge in [0.2, 0.25) is 0 Å². The molecule has 96 valence electrons. The molecule has 3 heteroatoms. The van der Waals surface area contributed by atoms with Crippen molar-refractivity contribution in [3.05, 3.63) is 35.4 Å². The van der Waals surface area contributed by atoms with Crippen LogP contribution in [0.2, 0.25) is 0 Å². The number of methoxy groups -OCH3 is 2. The summed E-state index contributed by atoms with van der Waals surface area (Å²) in [5, 5.41) is 3.43. The molecule has 0 radical (unpaired) electrons. The highest BCUT2D eigenvalue weighted by atomic mass is 16.5. The lowest BCUT2D eigenvalue weighted by molar-refractivity contribution is 0.158. The highest BCUT2D eigenvalue weighted by Crippen LogP contribution is 2.06. The van der Waals surface area contributed by atoms with E-state index in [1.807, 2.05) is 0 Å². The number of rotatable bonds is 8. The number of hydrogen-bond acceptors (Lipinski definition) is 3. The van der Waals surface area contributed by atoms with Crippen LogP contribution in [-0.2, 0) is 22.6 Å². The van der Waals surface area contributed by atoms with Crippen LogP contribution in [0.3, 0.4) is 0 Å². The molecule has 0 spiro atoms. The molecule has 0 amide bonds. The van der Waals surface area contributed by atoms with Crippen molar-refractivity contribution >= 4 is 0 Å². The molecule has 0 saturated carbocycles. The van der Waals surface area contributed by atoms with Crippen molar-refractivity contribution < 1.29 is 9.47 Å². The Balaban J connectivity index is 2.33. The number of nitrogens with one attached hydrogen (secondary N) is 1. The fourth-order valence-corrected chi connectivity index (χ4v) is 1.80. The third kappa shape index (κ3) is 5.82. The first-order chi connectivity index (χ1) is 8.26. The van der Waals surface area contributed by atoms with Crippen LogP contribution in [0.1, 0.15) is 18.1 Å². The molecular formula is C14H23NO2. The summed E-state index contributed by atoms with van der Waals surface area (Å²) in [6.07, 6.45) is 0. The number of hydrogen-bond donors (Lipinski definition) is 1. The highest BCUT2D eigenvalue weighted by molar-refractivity contribution is 5.22. The van der Waals surface area contributed by atoms with E-state index in [1.54, 1.807) is 14.2 Å². The summed E-state index contributed by atoms with van der Waals surface area (Å²) < 4.78 is 10.2. The second-order valence-corrected chi connectivity index (χ2v) is 4.44. The molecule has 1 aromatic carbocycles. The maximum atomic E-state index is 5.12. The van der Waals surface area contributed by atoms with Gasteiger partial charge in [0, 0.05) is 33.9 Å². The van der Waals surface area contributed by atoms with E-state index in [0.717, 1.165) is 19.7 Å². The fourth-order valence-electron chi connectivity index (χ4n) is 1.80. The molecule has 0 saturated heterocycles. The molecule has 0 aliphatic heterocycles. The Morgan fingerprint density at radius 2 is 1.94 bits per heavy atom. The van der Waals surface area contributed by atoms with Crippen molar-refractivity contribution in [2.75, 3.05) is 27.4 Å². The van der Waals surface area contributed by atoms with Crippen LogP contribution < -0.4 is 5.32 Å². The van der Waals surface area contributed by atoms with Gasteiger partial charge in [-0.15, -0.1) is 0 Å². The second-order valence-electron chi connectivity index (χ2n) is 4.44. The van der Waals surface area contributed by atoms with Gasteiger partial charge in [0.05, 0.1) is 6.61 Å². The average Bonchev–Trinajstić information content (AvgIpc) is 2.30. The summed E-state index contributed by atoms with van der Waals surface area (Å²) in [5.41, 5.74) is 2.51. The fraction of sp³-hybridized carbons (Fsp3) is 0.571. The van der Waals surface area contributed by atoms with Crippen molar-refractivity contribution in [2.45, 2.75) is 20.1 Å². The molecular weight excluding hydrogens is 214 g/mol. The SMILES string of the molecule is COCc1cccc(CNCC(C)COC)c1. The normalized spacial score (nSPS) is 12.6.